The van der Waals surface area contributed by atoms with E-state index in [0.717, 1.165) is 0 Å². The molecule has 0 aromatic carbocycles. The van der Waals surface area contributed by atoms with Gasteiger partial charge in [-0.3, -0.25) is 0 Å². The summed E-state index contributed by atoms with van der Waals surface area (Å²) in [6.45, 7) is 0.766. The summed E-state index contributed by atoms with van der Waals surface area (Å²) >= 11 is 0. The van der Waals surface area contributed by atoms with E-state index in [1.807, 2.05) is 0 Å². The van der Waals surface area contributed by atoms with Gasteiger partial charge >= 0.3 is 5.92 Å². The van der Waals surface area contributed by atoms with Crippen LogP contribution in [0.15, 0.2) is 0 Å². The van der Waals surface area contributed by atoms with E-state index in [1.165, 1.54) is 0 Å². The number of aliphatic hydroxyl groups is 3. The van der Waals surface area contributed by atoms with Gasteiger partial charge < -0.3 is 24.8 Å². The van der Waals surface area contributed by atoms with Crippen molar-refractivity contribution in [2.24, 2.45) is 0 Å². The number of halogens is 2. The van der Waals surface area contributed by atoms with E-state index in [9.17, 15) is 13.9 Å². The second kappa shape index (κ2) is 4.67. The van der Waals surface area contributed by atoms with E-state index in [-0.39, 0.29) is 6.61 Å². The average molecular weight is 228 g/mol. The Morgan fingerprint density at radius 3 is 2.47 bits per heavy atom. The SMILES string of the molecule is CCO[C@@H]1O[C@H](CO)C(F)(F)[C@@H](O)[C@H]1O. The molecule has 15 heavy (non-hydrogen) atoms. The third kappa shape index (κ3) is 2.26. The summed E-state index contributed by atoms with van der Waals surface area (Å²) in [6.07, 6.45) is -7.35. The predicted octanol–water partition coefficient (Wildman–Crippen LogP) is -0.903. The molecule has 4 atom stereocenters. The second-order valence-corrected chi connectivity index (χ2v) is 3.24. The Bertz CT molecular complexity index is 209. The Labute approximate surface area is 85.2 Å². The molecule has 1 saturated heterocycles. The lowest BCUT2D eigenvalue weighted by atomic mass is 9.98. The lowest BCUT2D eigenvalue weighted by Crippen LogP contribution is -2.63. The number of aliphatic hydroxyl groups excluding tert-OH is 3. The second-order valence-electron chi connectivity index (χ2n) is 3.24. The summed E-state index contributed by atoms with van der Waals surface area (Å²) in [4.78, 5) is 0. The first-order chi connectivity index (χ1) is 6.95. The number of hydrogen-bond donors (Lipinski definition) is 3. The smallest absolute Gasteiger partial charge is 0.304 e. The number of alkyl halides is 2. The van der Waals surface area contributed by atoms with Crippen molar-refractivity contribution in [1.29, 1.82) is 0 Å². The van der Waals surface area contributed by atoms with Gasteiger partial charge in [0, 0.05) is 6.61 Å². The van der Waals surface area contributed by atoms with Gasteiger partial charge in [-0.25, -0.2) is 8.78 Å². The fraction of sp³-hybridized carbons (Fsp3) is 1.00. The summed E-state index contributed by atoms with van der Waals surface area (Å²) in [5.41, 5.74) is 0. The average Bonchev–Trinajstić information content (AvgIpc) is 2.19. The van der Waals surface area contributed by atoms with Crippen LogP contribution < -0.4 is 0 Å². The molecule has 0 aromatic heterocycles. The van der Waals surface area contributed by atoms with Crippen molar-refractivity contribution in [2.45, 2.75) is 37.4 Å². The Hall–Kier alpha value is -0.340. The molecule has 90 valence electrons. The molecule has 1 heterocycles. The van der Waals surface area contributed by atoms with E-state index >= 15 is 0 Å². The summed E-state index contributed by atoms with van der Waals surface area (Å²) in [5.74, 6) is -3.69. The molecule has 1 rings (SSSR count). The minimum absolute atomic E-state index is 0.137. The van der Waals surface area contributed by atoms with Gasteiger partial charge in [0.05, 0.1) is 6.61 Å². The van der Waals surface area contributed by atoms with Crippen LogP contribution in [0.25, 0.3) is 0 Å². The van der Waals surface area contributed by atoms with E-state index in [0.29, 0.717) is 0 Å². The van der Waals surface area contributed by atoms with Crippen LogP contribution in [0.3, 0.4) is 0 Å². The molecule has 0 unspecified atom stereocenters. The summed E-state index contributed by atoms with van der Waals surface area (Å²) in [5, 5.41) is 27.1. The maximum absolute atomic E-state index is 13.2. The highest BCUT2D eigenvalue weighted by Crippen LogP contribution is 2.34. The molecule has 0 aromatic rings. The molecular formula is C8H14F2O5. The van der Waals surface area contributed by atoms with Crippen LogP contribution >= 0.6 is 0 Å². The minimum atomic E-state index is -3.69. The third-order valence-electron chi connectivity index (χ3n) is 2.22. The first kappa shape index (κ1) is 12.7. The van der Waals surface area contributed by atoms with Gasteiger partial charge in [0.2, 0.25) is 0 Å². The molecule has 0 spiro atoms. The minimum Gasteiger partial charge on any atom is -0.393 e. The zero-order valence-corrected chi connectivity index (χ0v) is 8.14. The molecule has 0 aliphatic carbocycles. The van der Waals surface area contributed by atoms with Crippen LogP contribution in [0.5, 0.6) is 0 Å². The highest BCUT2D eigenvalue weighted by atomic mass is 19.3. The highest BCUT2D eigenvalue weighted by Gasteiger charge is 2.57. The molecule has 0 amide bonds. The molecule has 1 aliphatic heterocycles. The molecular weight excluding hydrogens is 214 g/mol. The first-order valence-electron chi connectivity index (χ1n) is 4.57. The molecule has 0 bridgehead atoms. The van der Waals surface area contributed by atoms with Crippen LogP contribution in [0.2, 0.25) is 0 Å². The summed E-state index contributed by atoms with van der Waals surface area (Å²) in [6, 6.07) is 0. The zero-order chi connectivity index (χ0) is 11.6. The predicted molar refractivity (Wildman–Crippen MR) is 44.3 cm³/mol. The summed E-state index contributed by atoms with van der Waals surface area (Å²) < 4.78 is 35.8. The number of rotatable bonds is 3. The Morgan fingerprint density at radius 1 is 1.40 bits per heavy atom. The Kier molecular flexibility index (Phi) is 3.96. The van der Waals surface area contributed by atoms with Crippen LogP contribution in [0.1, 0.15) is 6.92 Å². The molecule has 0 saturated carbocycles. The van der Waals surface area contributed by atoms with Crippen LogP contribution in [-0.4, -0.2) is 59.1 Å². The number of ether oxygens (including phenoxy) is 2. The van der Waals surface area contributed by atoms with Crippen molar-refractivity contribution >= 4 is 0 Å². The molecule has 5 nitrogen and oxygen atoms in total. The van der Waals surface area contributed by atoms with E-state index in [2.05, 4.69) is 4.74 Å². The maximum atomic E-state index is 13.2. The monoisotopic (exact) mass is 228 g/mol. The fourth-order valence-electron chi connectivity index (χ4n) is 1.37. The van der Waals surface area contributed by atoms with E-state index in [1.54, 1.807) is 6.92 Å². The molecule has 1 aliphatic rings. The normalized spacial score (nSPS) is 40.4. The van der Waals surface area contributed by atoms with Crippen molar-refractivity contribution in [3.05, 3.63) is 0 Å². The molecule has 1 fully saturated rings. The van der Waals surface area contributed by atoms with Gasteiger partial charge in [-0.05, 0) is 6.92 Å². The van der Waals surface area contributed by atoms with Crippen LogP contribution in [0, 0.1) is 0 Å². The third-order valence-corrected chi connectivity index (χ3v) is 2.22. The molecule has 7 heteroatoms. The van der Waals surface area contributed by atoms with Gasteiger partial charge in [0.15, 0.2) is 12.4 Å². The van der Waals surface area contributed by atoms with E-state index in [4.69, 9.17) is 14.9 Å². The lowest BCUT2D eigenvalue weighted by molar-refractivity contribution is -0.343. The van der Waals surface area contributed by atoms with Crippen molar-refractivity contribution < 1.29 is 33.6 Å². The van der Waals surface area contributed by atoms with Gasteiger partial charge in [-0.15, -0.1) is 0 Å². The van der Waals surface area contributed by atoms with Crippen molar-refractivity contribution in [2.75, 3.05) is 13.2 Å². The zero-order valence-electron chi connectivity index (χ0n) is 8.14. The Morgan fingerprint density at radius 2 is 2.00 bits per heavy atom. The maximum Gasteiger partial charge on any atom is 0.304 e. The van der Waals surface area contributed by atoms with Gasteiger partial charge in [0.25, 0.3) is 0 Å². The van der Waals surface area contributed by atoms with E-state index < -0.39 is 37.1 Å². The fourth-order valence-corrected chi connectivity index (χ4v) is 1.37. The molecule has 3 N–H and O–H groups in total. The van der Waals surface area contributed by atoms with Crippen molar-refractivity contribution in [3.8, 4) is 0 Å². The van der Waals surface area contributed by atoms with Crippen molar-refractivity contribution in [3.63, 3.8) is 0 Å². The molecule has 0 radical (unpaired) electrons. The quantitative estimate of drug-likeness (QED) is 0.583. The topological polar surface area (TPSA) is 79.2 Å². The highest BCUT2D eigenvalue weighted by molar-refractivity contribution is 4.95. The largest absolute Gasteiger partial charge is 0.393 e. The van der Waals surface area contributed by atoms with Crippen molar-refractivity contribution in [1.82, 2.24) is 0 Å². The first-order valence-corrected chi connectivity index (χ1v) is 4.57. The Balaban J connectivity index is 2.78. The van der Waals surface area contributed by atoms with Crippen LogP contribution in [-0.2, 0) is 9.47 Å². The number of hydrogen-bond acceptors (Lipinski definition) is 5. The lowest BCUT2D eigenvalue weighted by Gasteiger charge is -2.41. The standard InChI is InChI=1S/C8H14F2O5/c1-2-14-7-5(12)6(13)8(9,10)4(3-11)15-7/h4-7,11-13H,2-3H2,1H3/t4-,5-,6+,7-/m1/s1. The van der Waals surface area contributed by atoms with Crippen LogP contribution in [0.4, 0.5) is 8.78 Å². The summed E-state index contributed by atoms with van der Waals surface area (Å²) in [7, 11) is 0. The van der Waals surface area contributed by atoms with Gasteiger partial charge in [0.1, 0.15) is 12.2 Å². The van der Waals surface area contributed by atoms with Gasteiger partial charge in [-0.2, -0.15) is 0 Å². The van der Waals surface area contributed by atoms with Gasteiger partial charge in [-0.1, -0.05) is 0 Å².